The first-order valence-electron chi connectivity index (χ1n) is 7.79. The van der Waals surface area contributed by atoms with Gasteiger partial charge in [-0.3, -0.25) is 9.69 Å². The van der Waals surface area contributed by atoms with E-state index in [2.05, 4.69) is 9.97 Å². The molecule has 0 aliphatic carbocycles. The first-order valence-corrected chi connectivity index (χ1v) is 8.54. The molecule has 5 nitrogen and oxygen atoms in total. The van der Waals surface area contributed by atoms with Crippen LogP contribution >= 0.6 is 23.2 Å². The Hall–Kier alpha value is -2.37. The highest BCUT2D eigenvalue weighted by Crippen LogP contribution is 2.32. The van der Waals surface area contributed by atoms with Crippen molar-refractivity contribution in [1.82, 2.24) is 9.97 Å². The average molecular weight is 373 g/mol. The molecule has 0 spiro atoms. The number of fused-ring (bicyclic) bond motifs is 2. The van der Waals surface area contributed by atoms with Crippen molar-refractivity contribution in [1.29, 1.82) is 0 Å². The van der Waals surface area contributed by atoms with Gasteiger partial charge in [0.15, 0.2) is 11.6 Å². The Morgan fingerprint density at radius 3 is 2.20 bits per heavy atom. The quantitative estimate of drug-likeness (QED) is 0.646. The van der Waals surface area contributed by atoms with Gasteiger partial charge in [0.1, 0.15) is 0 Å². The van der Waals surface area contributed by atoms with E-state index in [1.165, 1.54) is 0 Å². The normalized spacial score (nSPS) is 13.9. The SMILES string of the molecule is CN1CCN(C(=O)c2cc(Cl)cc(Cl)c2)c2nc3ccccc3nc21. The highest BCUT2D eigenvalue weighted by molar-refractivity contribution is 6.35. The van der Waals surface area contributed by atoms with Crippen LogP contribution < -0.4 is 9.80 Å². The molecule has 0 saturated heterocycles. The zero-order valence-corrected chi connectivity index (χ0v) is 14.9. The summed E-state index contributed by atoms with van der Waals surface area (Å²) in [5.74, 6) is 1.04. The van der Waals surface area contributed by atoms with Gasteiger partial charge in [0.2, 0.25) is 0 Å². The van der Waals surface area contributed by atoms with Crippen LogP contribution in [0, 0.1) is 0 Å². The minimum Gasteiger partial charge on any atom is -0.355 e. The Kier molecular flexibility index (Phi) is 3.98. The van der Waals surface area contributed by atoms with E-state index in [9.17, 15) is 4.79 Å². The molecule has 1 aliphatic heterocycles. The molecule has 2 aromatic carbocycles. The van der Waals surface area contributed by atoms with Crippen LogP contribution in [-0.2, 0) is 0 Å². The number of carbonyl (C=O) groups excluding carboxylic acids is 1. The summed E-state index contributed by atoms with van der Waals surface area (Å²) in [6, 6.07) is 12.4. The monoisotopic (exact) mass is 372 g/mol. The van der Waals surface area contributed by atoms with Gasteiger partial charge in [0, 0.05) is 35.7 Å². The minimum absolute atomic E-state index is 0.191. The number of hydrogen-bond acceptors (Lipinski definition) is 4. The standard InChI is InChI=1S/C18H14Cl2N4O/c1-23-6-7-24(18(25)11-8-12(19)10-13(20)9-11)17-16(23)21-14-4-2-3-5-15(14)22-17/h2-5,8-10H,6-7H2,1H3. The lowest BCUT2D eigenvalue weighted by Gasteiger charge is -2.33. The fourth-order valence-corrected chi connectivity index (χ4v) is 3.44. The maximum absolute atomic E-state index is 13.0. The molecule has 1 aromatic heterocycles. The number of rotatable bonds is 1. The van der Waals surface area contributed by atoms with Gasteiger partial charge in [-0.25, -0.2) is 9.97 Å². The van der Waals surface area contributed by atoms with Crippen molar-refractivity contribution in [2.45, 2.75) is 0 Å². The topological polar surface area (TPSA) is 49.3 Å². The van der Waals surface area contributed by atoms with E-state index >= 15 is 0 Å². The predicted octanol–water partition coefficient (Wildman–Crippen LogP) is 4.03. The van der Waals surface area contributed by atoms with E-state index in [0.29, 0.717) is 40.3 Å². The summed E-state index contributed by atoms with van der Waals surface area (Å²) in [7, 11) is 1.94. The van der Waals surface area contributed by atoms with Gasteiger partial charge in [-0.2, -0.15) is 0 Å². The maximum atomic E-state index is 13.0. The number of amides is 1. The molecule has 1 aliphatic rings. The number of carbonyl (C=O) groups is 1. The number of likely N-dealkylation sites (N-methyl/N-ethyl adjacent to an activating group) is 1. The molecule has 126 valence electrons. The number of benzene rings is 2. The van der Waals surface area contributed by atoms with Crippen molar-refractivity contribution in [3.05, 3.63) is 58.1 Å². The largest absolute Gasteiger partial charge is 0.355 e. The molecular weight excluding hydrogens is 359 g/mol. The fraction of sp³-hybridized carbons (Fsp3) is 0.167. The van der Waals surface area contributed by atoms with Crippen molar-refractivity contribution >= 4 is 51.8 Å². The zero-order valence-electron chi connectivity index (χ0n) is 13.4. The Bertz CT molecular complexity index is 972. The molecule has 0 radical (unpaired) electrons. The molecule has 4 rings (SSSR count). The lowest BCUT2D eigenvalue weighted by atomic mass is 10.1. The molecule has 0 atom stereocenters. The lowest BCUT2D eigenvalue weighted by molar-refractivity contribution is 0.0986. The van der Waals surface area contributed by atoms with Crippen LogP contribution in [0.3, 0.4) is 0 Å². The molecule has 25 heavy (non-hydrogen) atoms. The number of halogens is 2. The van der Waals surface area contributed by atoms with Crippen LogP contribution in [0.5, 0.6) is 0 Å². The highest BCUT2D eigenvalue weighted by atomic mass is 35.5. The number of para-hydroxylation sites is 2. The smallest absolute Gasteiger partial charge is 0.259 e. The van der Waals surface area contributed by atoms with Crippen LogP contribution in [0.1, 0.15) is 10.4 Å². The number of hydrogen-bond donors (Lipinski definition) is 0. The van der Waals surface area contributed by atoms with E-state index in [-0.39, 0.29) is 5.91 Å². The number of anilines is 2. The van der Waals surface area contributed by atoms with Gasteiger partial charge >= 0.3 is 0 Å². The Balaban J connectivity index is 1.83. The molecule has 1 amide bonds. The van der Waals surface area contributed by atoms with Gasteiger partial charge in [-0.15, -0.1) is 0 Å². The summed E-state index contributed by atoms with van der Waals surface area (Å²) >= 11 is 12.1. The zero-order chi connectivity index (χ0) is 17.6. The predicted molar refractivity (Wildman–Crippen MR) is 101 cm³/mol. The third kappa shape index (κ3) is 2.90. The second kappa shape index (κ2) is 6.17. The van der Waals surface area contributed by atoms with E-state index in [4.69, 9.17) is 23.2 Å². The summed E-state index contributed by atoms with van der Waals surface area (Å²) in [5, 5.41) is 0.851. The first kappa shape index (κ1) is 16.1. The number of aromatic nitrogens is 2. The maximum Gasteiger partial charge on any atom is 0.259 e. The molecule has 0 fully saturated rings. The van der Waals surface area contributed by atoms with Gasteiger partial charge in [-0.05, 0) is 30.3 Å². The van der Waals surface area contributed by atoms with Crippen LogP contribution in [0.15, 0.2) is 42.5 Å². The van der Waals surface area contributed by atoms with Crippen LogP contribution in [-0.4, -0.2) is 36.0 Å². The van der Waals surface area contributed by atoms with E-state index in [1.54, 1.807) is 23.1 Å². The third-order valence-electron chi connectivity index (χ3n) is 4.17. The summed E-state index contributed by atoms with van der Waals surface area (Å²) < 4.78 is 0. The molecule has 0 bridgehead atoms. The molecule has 0 saturated carbocycles. The number of nitrogens with zero attached hydrogens (tertiary/aromatic N) is 4. The van der Waals surface area contributed by atoms with Crippen molar-refractivity contribution in [2.75, 3.05) is 29.9 Å². The second-order valence-corrected chi connectivity index (χ2v) is 6.77. The first-order chi connectivity index (χ1) is 12.0. The van der Waals surface area contributed by atoms with E-state index in [1.807, 2.05) is 36.2 Å². The second-order valence-electron chi connectivity index (χ2n) is 5.90. The summed E-state index contributed by atoms with van der Waals surface area (Å²) in [5.41, 5.74) is 1.98. The molecule has 7 heteroatoms. The van der Waals surface area contributed by atoms with Gasteiger partial charge in [-0.1, -0.05) is 35.3 Å². The molecule has 3 aromatic rings. The van der Waals surface area contributed by atoms with Gasteiger partial charge in [0.05, 0.1) is 11.0 Å². The average Bonchev–Trinajstić information content (AvgIpc) is 2.59. The lowest BCUT2D eigenvalue weighted by Crippen LogP contribution is -2.43. The van der Waals surface area contributed by atoms with E-state index < -0.39 is 0 Å². The molecule has 0 unspecified atom stereocenters. The highest BCUT2D eigenvalue weighted by Gasteiger charge is 2.29. The molecule has 2 heterocycles. The summed E-state index contributed by atoms with van der Waals surface area (Å²) in [6.07, 6.45) is 0. The Morgan fingerprint density at radius 1 is 0.960 bits per heavy atom. The van der Waals surface area contributed by atoms with E-state index in [0.717, 1.165) is 11.0 Å². The van der Waals surface area contributed by atoms with Gasteiger partial charge in [0.25, 0.3) is 5.91 Å². The van der Waals surface area contributed by atoms with Gasteiger partial charge < -0.3 is 4.90 Å². The molecule has 0 N–H and O–H groups in total. The van der Waals surface area contributed by atoms with Crippen LogP contribution in [0.4, 0.5) is 11.6 Å². The Labute approximate surface area is 154 Å². The van der Waals surface area contributed by atoms with Crippen LogP contribution in [0.25, 0.3) is 11.0 Å². The minimum atomic E-state index is -0.191. The van der Waals surface area contributed by atoms with Crippen molar-refractivity contribution in [2.24, 2.45) is 0 Å². The van der Waals surface area contributed by atoms with Crippen molar-refractivity contribution in [3.8, 4) is 0 Å². The van der Waals surface area contributed by atoms with Crippen LogP contribution in [0.2, 0.25) is 10.0 Å². The van der Waals surface area contributed by atoms with Crippen molar-refractivity contribution in [3.63, 3.8) is 0 Å². The fourth-order valence-electron chi connectivity index (χ4n) is 2.91. The summed E-state index contributed by atoms with van der Waals surface area (Å²) in [4.78, 5) is 26.0. The third-order valence-corrected chi connectivity index (χ3v) is 4.60. The van der Waals surface area contributed by atoms with Crippen molar-refractivity contribution < 1.29 is 4.79 Å². The molecular formula is C18H14Cl2N4O. The summed E-state index contributed by atoms with van der Waals surface area (Å²) in [6.45, 7) is 1.18. The Morgan fingerprint density at radius 2 is 1.56 bits per heavy atom.